The van der Waals surface area contributed by atoms with Crippen molar-refractivity contribution in [1.82, 2.24) is 0 Å². The molecule has 0 rings (SSSR count). The van der Waals surface area contributed by atoms with E-state index in [4.69, 9.17) is 17.8 Å². The van der Waals surface area contributed by atoms with Crippen LogP contribution < -0.4 is 0 Å². The second kappa shape index (κ2) is 18.5. The maximum absolute atomic E-state index is 10.7. The van der Waals surface area contributed by atoms with E-state index < -0.39 is 34.3 Å². The molecule has 5 N–H and O–H groups in total. The molecule has 0 aliphatic rings. The number of rotatable bonds is 8. The summed E-state index contributed by atoms with van der Waals surface area (Å²) in [5.41, 5.74) is 0. The number of phosphoric acid groups is 2. The van der Waals surface area contributed by atoms with Crippen molar-refractivity contribution in [3.8, 4) is 0 Å². The minimum atomic E-state index is -4.93. The maximum atomic E-state index is 10.7. The first-order valence-electron chi connectivity index (χ1n) is 3.96. The molecule has 0 heterocycles. The molecule has 0 saturated heterocycles. The maximum Gasteiger partial charge on any atom is 0.470 e. The molecular weight excluding hydrogens is 373 g/mol. The van der Waals surface area contributed by atoms with Gasteiger partial charge in [-0.15, -0.1) is 0 Å². The zero-order valence-corrected chi connectivity index (χ0v) is 23.7. The second-order valence-electron chi connectivity index (χ2n) is 2.17. The third kappa shape index (κ3) is 27.5. The minimum absolute atomic E-state index is 0. The Balaban J connectivity index is -0.000000128. The summed E-state index contributed by atoms with van der Waals surface area (Å²) in [6, 6.07) is 0. The zero-order valence-electron chi connectivity index (χ0n) is 13.9. The van der Waals surface area contributed by atoms with Gasteiger partial charge in [0.2, 0.25) is 2.86 Å². The van der Waals surface area contributed by atoms with Crippen LogP contribution in [0.3, 0.4) is 0 Å². The van der Waals surface area contributed by atoms with Gasteiger partial charge in [0.15, 0.2) is 6.10 Å². The van der Waals surface area contributed by atoms with Crippen LogP contribution in [0.1, 0.15) is 0 Å². The molecule has 0 amide bonds. The van der Waals surface area contributed by atoms with Crippen LogP contribution in [0.25, 0.3) is 0 Å². The van der Waals surface area contributed by atoms with Gasteiger partial charge in [0.25, 0.3) is 0 Å². The van der Waals surface area contributed by atoms with Crippen LogP contribution in [-0.2, 0) is 23.0 Å². The molecule has 3 atom stereocenters. The second-order valence-corrected chi connectivity index (χ2v) is 4.51. The van der Waals surface area contributed by atoms with E-state index in [0.29, 0.717) is 0 Å². The molecule has 95 valence electrons. The van der Waals surface area contributed by atoms with Crippen LogP contribution in [0.15, 0.2) is 0 Å². The number of carbonyl (C=O) groups is 1. The summed E-state index contributed by atoms with van der Waals surface area (Å²) in [5, 5.41) is 8.49. The molecule has 5 radical (unpaired) electrons. The van der Waals surface area contributed by atoms with E-state index in [1.165, 1.54) is 0 Å². The monoisotopic (exact) mass is 383 g/mol. The molecule has 20 heavy (non-hydrogen) atoms. The van der Waals surface area contributed by atoms with Gasteiger partial charge in [-0.05, 0) is 0 Å². The molecule has 0 aromatic carbocycles. The Labute approximate surface area is 228 Å². The van der Waals surface area contributed by atoms with Crippen molar-refractivity contribution < 1.29 is 47.7 Å². The topological polar surface area (TPSA) is 171 Å². The third-order valence-electron chi connectivity index (χ3n) is 0.925. The zero-order chi connectivity index (χ0) is 13.7. The number of hydrogen-bond donors (Lipinski definition) is 5. The Morgan fingerprint density at radius 1 is 1.05 bits per heavy atom. The SMILES string of the molecule is [2H]OP(=O)(O)OCC(OP(=O)(O)O[2H])C(=O)O.[Na].[Na].[Na].[Na].[Na]. The van der Waals surface area contributed by atoms with Crippen molar-refractivity contribution in [1.29, 1.82) is 2.86 Å². The minimum Gasteiger partial charge on any atom is -0.479 e. The summed E-state index contributed by atoms with van der Waals surface area (Å²) in [6.45, 7) is -1.17. The summed E-state index contributed by atoms with van der Waals surface area (Å²) in [7, 11) is -9.70. The Morgan fingerprint density at radius 2 is 1.45 bits per heavy atom. The Kier molecular flexibility index (Phi) is 29.9. The molecular formula is C3H8Na5O10P2. The van der Waals surface area contributed by atoms with Crippen molar-refractivity contribution in [2.45, 2.75) is 6.10 Å². The van der Waals surface area contributed by atoms with Crippen LogP contribution in [0, 0.1) is 0 Å². The normalized spacial score (nSPS) is 17.3. The smallest absolute Gasteiger partial charge is 0.470 e. The van der Waals surface area contributed by atoms with Crippen molar-refractivity contribution in [3.63, 3.8) is 0 Å². The quantitative estimate of drug-likeness (QED) is 0.212. The van der Waals surface area contributed by atoms with Gasteiger partial charge in [-0.2, -0.15) is 0 Å². The molecule has 0 aliphatic heterocycles. The van der Waals surface area contributed by atoms with Crippen molar-refractivity contribution in [3.05, 3.63) is 0 Å². The summed E-state index contributed by atoms with van der Waals surface area (Å²) < 4.78 is 41.4. The van der Waals surface area contributed by atoms with Gasteiger partial charge in [-0.25, -0.2) is 13.9 Å². The van der Waals surface area contributed by atoms with Gasteiger partial charge < -0.3 is 24.7 Å². The predicted molar refractivity (Wildman–Crippen MR) is 71.3 cm³/mol. The average Bonchev–Trinajstić information content (AvgIpc) is 2.24. The molecule has 0 saturated carbocycles. The summed E-state index contributed by atoms with van der Waals surface area (Å²) in [4.78, 5) is 34.1. The van der Waals surface area contributed by atoms with E-state index in [9.17, 15) is 13.9 Å². The van der Waals surface area contributed by atoms with Crippen molar-refractivity contribution >= 4 is 169 Å². The molecule has 10 nitrogen and oxygen atoms in total. The van der Waals surface area contributed by atoms with Crippen LogP contribution in [0.5, 0.6) is 0 Å². The van der Waals surface area contributed by atoms with E-state index in [1.807, 2.05) is 0 Å². The van der Waals surface area contributed by atoms with E-state index in [1.54, 1.807) is 0 Å². The first kappa shape index (κ1) is 32.4. The third-order valence-corrected chi connectivity index (χ3v) is 1.92. The summed E-state index contributed by atoms with van der Waals surface area (Å²) in [6.07, 6.45) is -2.16. The van der Waals surface area contributed by atoms with Gasteiger partial charge in [0.1, 0.15) is 0 Å². The number of phosphoric ester groups is 2. The fourth-order valence-corrected chi connectivity index (χ4v) is 1.27. The summed E-state index contributed by atoms with van der Waals surface area (Å²) in [5.74, 6) is -1.82. The number of carboxylic acids is 1. The van der Waals surface area contributed by atoms with Crippen LogP contribution >= 0.6 is 15.6 Å². The molecule has 0 bridgehead atoms. The van der Waals surface area contributed by atoms with Crippen LogP contribution in [-0.4, -0.2) is 194 Å². The van der Waals surface area contributed by atoms with Gasteiger partial charge in [-0.1, -0.05) is 0 Å². The molecule has 3 unspecified atom stereocenters. The molecule has 0 aliphatic carbocycles. The van der Waals surface area contributed by atoms with E-state index >= 15 is 0 Å². The standard InChI is InChI=1S/C3H8O10P2.5Na/c4-3(5)2(13-15(9,10)11)1-12-14(6,7)8;;;;;/h2H,1H2,(H,4,5)(H2,6,7,8)(H2,9,10,11);;;;;/i/hD2. The van der Waals surface area contributed by atoms with Gasteiger partial charge in [0.05, 0.1) is 6.61 Å². The number of aliphatic carboxylic acids is 1. The first-order valence-corrected chi connectivity index (χ1v) is 6.14. The predicted octanol–water partition coefficient (Wildman–Crippen LogP) is -3.25. The molecule has 0 spiro atoms. The fraction of sp³-hybridized carbons (Fsp3) is 0.667. The Bertz CT molecular complexity index is 374. The first-order chi connectivity index (χ1) is 7.63. The molecule has 17 heteroatoms. The summed E-state index contributed by atoms with van der Waals surface area (Å²) >= 11 is 0. The molecule has 0 aromatic heterocycles. The van der Waals surface area contributed by atoms with Crippen molar-refractivity contribution in [2.75, 3.05) is 6.61 Å². The number of carboxylic acid groups (broad SMARTS) is 1. The van der Waals surface area contributed by atoms with E-state index in [0.717, 1.165) is 0 Å². The van der Waals surface area contributed by atoms with E-state index in [2.05, 4.69) is 18.8 Å². The Hall–Kier alpha value is 4.69. The van der Waals surface area contributed by atoms with Crippen LogP contribution in [0.4, 0.5) is 0 Å². The average molecular weight is 383 g/mol. The fourth-order valence-electron chi connectivity index (χ4n) is 0.469. The van der Waals surface area contributed by atoms with Gasteiger partial charge >= 0.3 is 21.6 Å². The Morgan fingerprint density at radius 3 is 1.75 bits per heavy atom. The number of hydrogen-bond acceptors (Lipinski definition) is 7. The van der Waals surface area contributed by atoms with Crippen molar-refractivity contribution in [2.24, 2.45) is 0 Å². The van der Waals surface area contributed by atoms with Gasteiger partial charge in [-0.3, -0.25) is 9.05 Å². The largest absolute Gasteiger partial charge is 0.479 e. The van der Waals surface area contributed by atoms with E-state index in [-0.39, 0.29) is 148 Å². The molecule has 0 fully saturated rings. The van der Waals surface area contributed by atoms with Crippen LogP contribution in [0.2, 0.25) is 0 Å². The molecule has 0 aromatic rings. The van der Waals surface area contributed by atoms with Gasteiger partial charge in [0, 0.05) is 148 Å².